The topological polar surface area (TPSA) is 40.5 Å². The van der Waals surface area contributed by atoms with E-state index < -0.39 is 11.7 Å². The molecule has 2 heteroatoms. The third-order valence-electron chi connectivity index (χ3n) is 3.79. The summed E-state index contributed by atoms with van der Waals surface area (Å²) in [5, 5.41) is 19.9. The highest BCUT2D eigenvalue weighted by Gasteiger charge is 2.51. The number of aliphatic hydroxyl groups is 2. The zero-order valence-corrected chi connectivity index (χ0v) is 9.17. The van der Waals surface area contributed by atoms with E-state index in [1.165, 1.54) is 0 Å². The number of hydrogen-bond donors (Lipinski definition) is 2. The highest BCUT2D eigenvalue weighted by atomic mass is 16.3. The second-order valence-corrected chi connectivity index (χ2v) is 5.23. The summed E-state index contributed by atoms with van der Waals surface area (Å²) in [5.74, 6) is 0.245. The molecule has 1 rings (SSSR count). The van der Waals surface area contributed by atoms with Crippen LogP contribution in [0.25, 0.3) is 0 Å². The van der Waals surface area contributed by atoms with Gasteiger partial charge in [0.15, 0.2) is 0 Å². The predicted molar refractivity (Wildman–Crippen MR) is 53.4 cm³/mol. The molecule has 1 saturated carbocycles. The van der Waals surface area contributed by atoms with Crippen LogP contribution < -0.4 is 0 Å². The summed E-state index contributed by atoms with van der Waals surface area (Å²) < 4.78 is 0. The van der Waals surface area contributed by atoms with Gasteiger partial charge in [-0.15, -0.1) is 0 Å². The highest BCUT2D eigenvalue weighted by molar-refractivity contribution is 5.01. The zero-order valence-electron chi connectivity index (χ0n) is 9.17. The van der Waals surface area contributed by atoms with Gasteiger partial charge in [-0.3, -0.25) is 0 Å². The molecule has 0 saturated heterocycles. The molecule has 0 heterocycles. The molecule has 2 N–H and O–H groups in total. The highest BCUT2D eigenvalue weighted by Crippen LogP contribution is 2.52. The standard InChI is InChI=1S/C11H22O2/c1-5-9(12)11(4,13)8-6-7-10(8,2)3/h8-9,12-13H,5-7H2,1-4H3/t8?,9-,11+/m1/s1. The van der Waals surface area contributed by atoms with E-state index in [9.17, 15) is 10.2 Å². The molecular formula is C11H22O2. The molecule has 0 amide bonds. The number of hydrogen-bond acceptors (Lipinski definition) is 2. The Morgan fingerprint density at radius 3 is 2.31 bits per heavy atom. The van der Waals surface area contributed by atoms with Gasteiger partial charge in [0, 0.05) is 0 Å². The lowest BCUT2D eigenvalue weighted by atomic mass is 9.55. The van der Waals surface area contributed by atoms with Crippen molar-refractivity contribution in [2.45, 2.75) is 58.7 Å². The summed E-state index contributed by atoms with van der Waals surface area (Å²) in [7, 11) is 0. The summed E-state index contributed by atoms with van der Waals surface area (Å²) in [4.78, 5) is 0. The van der Waals surface area contributed by atoms with E-state index in [1.54, 1.807) is 6.92 Å². The summed E-state index contributed by atoms with van der Waals surface area (Å²) in [6.45, 7) is 8.01. The van der Waals surface area contributed by atoms with E-state index >= 15 is 0 Å². The second-order valence-electron chi connectivity index (χ2n) is 5.23. The molecule has 0 bridgehead atoms. The molecule has 1 unspecified atom stereocenters. The van der Waals surface area contributed by atoms with Crippen molar-refractivity contribution in [3.63, 3.8) is 0 Å². The third kappa shape index (κ3) is 1.75. The second kappa shape index (κ2) is 3.25. The Hall–Kier alpha value is -0.0800. The van der Waals surface area contributed by atoms with E-state index in [0.29, 0.717) is 6.42 Å². The maximum absolute atomic E-state index is 10.2. The van der Waals surface area contributed by atoms with E-state index in [1.807, 2.05) is 6.92 Å². The molecule has 1 fully saturated rings. The lowest BCUT2D eigenvalue weighted by Gasteiger charge is -2.53. The van der Waals surface area contributed by atoms with Gasteiger partial charge in [-0.2, -0.15) is 0 Å². The van der Waals surface area contributed by atoms with Crippen molar-refractivity contribution in [1.29, 1.82) is 0 Å². The van der Waals surface area contributed by atoms with Crippen LogP contribution in [0.15, 0.2) is 0 Å². The molecule has 0 spiro atoms. The first-order chi connectivity index (χ1) is 5.82. The molecule has 0 aromatic carbocycles. The SMILES string of the molecule is CC[C@@H](O)[C@@](C)(O)C1CCC1(C)C. The molecular weight excluding hydrogens is 164 g/mol. The first-order valence-electron chi connectivity index (χ1n) is 5.22. The lowest BCUT2D eigenvalue weighted by molar-refractivity contribution is -0.166. The average molecular weight is 186 g/mol. The molecule has 1 aliphatic rings. The molecule has 0 aliphatic heterocycles. The Morgan fingerprint density at radius 1 is 1.54 bits per heavy atom. The van der Waals surface area contributed by atoms with Crippen LogP contribution in [0.1, 0.15) is 47.0 Å². The van der Waals surface area contributed by atoms with Gasteiger partial charge in [0.1, 0.15) is 0 Å². The molecule has 0 aromatic rings. The normalized spacial score (nSPS) is 33.2. The lowest BCUT2D eigenvalue weighted by Crippen LogP contribution is -2.55. The van der Waals surface area contributed by atoms with E-state index in [-0.39, 0.29) is 11.3 Å². The zero-order chi connectivity index (χ0) is 10.3. The Labute approximate surface area is 81.0 Å². The van der Waals surface area contributed by atoms with E-state index in [4.69, 9.17) is 0 Å². The molecule has 3 atom stereocenters. The van der Waals surface area contributed by atoms with Gasteiger partial charge in [-0.25, -0.2) is 0 Å². The van der Waals surface area contributed by atoms with Gasteiger partial charge in [-0.1, -0.05) is 20.8 Å². The molecule has 13 heavy (non-hydrogen) atoms. The van der Waals surface area contributed by atoms with Crippen molar-refractivity contribution in [3.8, 4) is 0 Å². The minimum atomic E-state index is -0.906. The van der Waals surface area contributed by atoms with Gasteiger partial charge in [0.25, 0.3) is 0 Å². The fourth-order valence-electron chi connectivity index (χ4n) is 2.59. The van der Waals surface area contributed by atoms with Crippen LogP contribution >= 0.6 is 0 Å². The van der Waals surface area contributed by atoms with Gasteiger partial charge in [0.05, 0.1) is 11.7 Å². The molecule has 1 aliphatic carbocycles. The van der Waals surface area contributed by atoms with E-state index in [2.05, 4.69) is 13.8 Å². The van der Waals surface area contributed by atoms with Crippen molar-refractivity contribution in [2.24, 2.45) is 11.3 Å². The van der Waals surface area contributed by atoms with Crippen LogP contribution in [0.4, 0.5) is 0 Å². The Bertz CT molecular complexity index is 185. The van der Waals surface area contributed by atoms with Crippen LogP contribution in [0.3, 0.4) is 0 Å². The Balaban J connectivity index is 2.70. The molecule has 0 radical (unpaired) electrons. The van der Waals surface area contributed by atoms with Crippen LogP contribution in [-0.4, -0.2) is 21.9 Å². The quantitative estimate of drug-likeness (QED) is 0.707. The largest absolute Gasteiger partial charge is 0.390 e. The van der Waals surface area contributed by atoms with Gasteiger partial charge in [0.2, 0.25) is 0 Å². The number of aliphatic hydroxyl groups excluding tert-OH is 1. The van der Waals surface area contributed by atoms with Gasteiger partial charge < -0.3 is 10.2 Å². The van der Waals surface area contributed by atoms with Gasteiger partial charge >= 0.3 is 0 Å². The van der Waals surface area contributed by atoms with Crippen LogP contribution in [0.5, 0.6) is 0 Å². The maximum atomic E-state index is 10.2. The van der Waals surface area contributed by atoms with Gasteiger partial charge in [-0.05, 0) is 37.5 Å². The molecule has 78 valence electrons. The third-order valence-corrected chi connectivity index (χ3v) is 3.79. The van der Waals surface area contributed by atoms with Crippen LogP contribution in [-0.2, 0) is 0 Å². The van der Waals surface area contributed by atoms with Crippen molar-refractivity contribution in [1.82, 2.24) is 0 Å². The van der Waals surface area contributed by atoms with E-state index in [0.717, 1.165) is 12.8 Å². The summed E-state index contributed by atoms with van der Waals surface area (Å²) in [6, 6.07) is 0. The van der Waals surface area contributed by atoms with Crippen LogP contribution in [0, 0.1) is 11.3 Å². The summed E-state index contributed by atoms with van der Waals surface area (Å²) >= 11 is 0. The first-order valence-corrected chi connectivity index (χ1v) is 5.22. The smallest absolute Gasteiger partial charge is 0.0910 e. The fourth-order valence-corrected chi connectivity index (χ4v) is 2.59. The Kier molecular flexibility index (Phi) is 2.75. The summed E-state index contributed by atoms with van der Waals surface area (Å²) in [5.41, 5.74) is -0.712. The molecule has 2 nitrogen and oxygen atoms in total. The average Bonchev–Trinajstić information content (AvgIpc) is 2.00. The molecule has 0 aromatic heterocycles. The minimum Gasteiger partial charge on any atom is -0.390 e. The first kappa shape index (κ1) is 11.0. The fraction of sp³-hybridized carbons (Fsp3) is 1.00. The Morgan fingerprint density at radius 2 is 2.08 bits per heavy atom. The summed E-state index contributed by atoms with van der Waals surface area (Å²) in [6.07, 6.45) is 2.23. The maximum Gasteiger partial charge on any atom is 0.0910 e. The van der Waals surface area contributed by atoms with Crippen molar-refractivity contribution < 1.29 is 10.2 Å². The van der Waals surface area contributed by atoms with Crippen molar-refractivity contribution >= 4 is 0 Å². The van der Waals surface area contributed by atoms with Crippen molar-refractivity contribution in [3.05, 3.63) is 0 Å². The monoisotopic (exact) mass is 186 g/mol. The minimum absolute atomic E-state index is 0.194. The van der Waals surface area contributed by atoms with Crippen molar-refractivity contribution in [2.75, 3.05) is 0 Å². The number of rotatable bonds is 3. The predicted octanol–water partition coefficient (Wildman–Crippen LogP) is 1.94. The van der Waals surface area contributed by atoms with Crippen LogP contribution in [0.2, 0.25) is 0 Å².